The van der Waals surface area contributed by atoms with Crippen LogP contribution < -0.4 is 26.2 Å². The topological polar surface area (TPSA) is 6.48 Å². The van der Waals surface area contributed by atoms with E-state index in [1.807, 2.05) is 0 Å². The summed E-state index contributed by atoms with van der Waals surface area (Å²) in [6.07, 6.45) is 9.99. The van der Waals surface area contributed by atoms with Gasteiger partial charge in [0.15, 0.2) is 0 Å². The van der Waals surface area contributed by atoms with Crippen LogP contribution in [0, 0.1) is 0 Å². The molecule has 2 heterocycles. The highest BCUT2D eigenvalue weighted by molar-refractivity contribution is 7.00. The van der Waals surface area contributed by atoms with E-state index in [9.17, 15) is 0 Å². The van der Waals surface area contributed by atoms with Gasteiger partial charge in [-0.2, -0.15) is 0 Å². The molecule has 0 N–H and O–H groups in total. The van der Waals surface area contributed by atoms with Gasteiger partial charge in [-0.3, -0.25) is 0 Å². The molecule has 3 heteroatoms. The molecule has 2 saturated carbocycles. The van der Waals surface area contributed by atoms with E-state index in [-0.39, 0.29) is 17.5 Å². The fourth-order valence-corrected chi connectivity index (χ4v) is 12.6. The molecule has 7 aromatic rings. The van der Waals surface area contributed by atoms with Crippen molar-refractivity contribution < 1.29 is 0 Å². The van der Waals surface area contributed by atoms with Crippen molar-refractivity contribution in [3.8, 4) is 22.3 Å². The molecule has 0 amide bonds. The molecule has 0 unspecified atom stereocenters. The van der Waals surface area contributed by atoms with Crippen LogP contribution in [0.25, 0.3) is 22.3 Å². The summed E-state index contributed by atoms with van der Waals surface area (Å²) in [7, 11) is 0. The van der Waals surface area contributed by atoms with E-state index in [4.69, 9.17) is 0 Å². The molecule has 6 aliphatic rings. The summed E-state index contributed by atoms with van der Waals surface area (Å²) in [5.41, 5.74) is 24.1. The highest BCUT2D eigenvalue weighted by Gasteiger charge is 2.53. The lowest BCUT2D eigenvalue weighted by Gasteiger charge is -2.46. The maximum absolute atomic E-state index is 2.72. The fourth-order valence-electron chi connectivity index (χ4n) is 12.6. The molecular weight excluding hydrogens is 663 g/mol. The predicted molar refractivity (Wildman–Crippen MR) is 230 cm³/mol. The number of anilines is 6. The van der Waals surface area contributed by atoms with Crippen molar-refractivity contribution in [3.63, 3.8) is 0 Å². The van der Waals surface area contributed by atoms with E-state index < -0.39 is 0 Å². The van der Waals surface area contributed by atoms with Gasteiger partial charge in [-0.1, -0.05) is 135 Å². The molecule has 2 aliphatic heterocycles. The Morgan fingerprint density at radius 2 is 0.945 bits per heavy atom. The number of rotatable bonds is 2. The molecule has 13 rings (SSSR count). The highest BCUT2D eigenvalue weighted by atomic mass is 15.2. The number of hydrogen-bond donors (Lipinski definition) is 0. The Morgan fingerprint density at radius 3 is 1.65 bits per heavy atom. The molecule has 262 valence electrons. The van der Waals surface area contributed by atoms with Gasteiger partial charge in [-0.05, 0) is 123 Å². The van der Waals surface area contributed by atoms with E-state index in [0.717, 1.165) is 0 Å². The van der Waals surface area contributed by atoms with Crippen LogP contribution in [-0.4, -0.2) is 6.71 Å². The third kappa shape index (κ3) is 3.77. The lowest BCUT2D eigenvalue weighted by molar-refractivity contribution is 0.550. The lowest BCUT2D eigenvalue weighted by Crippen LogP contribution is -2.61. The maximum atomic E-state index is 2.72. The van der Waals surface area contributed by atoms with Gasteiger partial charge in [0.1, 0.15) is 0 Å². The van der Waals surface area contributed by atoms with E-state index in [0.29, 0.717) is 0 Å². The lowest BCUT2D eigenvalue weighted by atomic mass is 9.33. The van der Waals surface area contributed by atoms with Crippen molar-refractivity contribution in [2.24, 2.45) is 0 Å². The summed E-state index contributed by atoms with van der Waals surface area (Å²) >= 11 is 0. The van der Waals surface area contributed by atoms with E-state index >= 15 is 0 Å². The second-order valence-electron chi connectivity index (χ2n) is 17.0. The molecule has 0 radical (unpaired) electrons. The van der Waals surface area contributed by atoms with Crippen LogP contribution in [0.5, 0.6) is 0 Å². The number of benzene rings is 7. The van der Waals surface area contributed by atoms with Crippen molar-refractivity contribution in [1.29, 1.82) is 0 Å². The summed E-state index contributed by atoms with van der Waals surface area (Å²) in [6, 6.07) is 58.6. The normalized spacial score (nSPS) is 18.1. The number of hydrogen-bond acceptors (Lipinski definition) is 2. The second kappa shape index (κ2) is 10.9. The van der Waals surface area contributed by atoms with Gasteiger partial charge in [0.2, 0.25) is 0 Å². The summed E-state index contributed by atoms with van der Waals surface area (Å²) in [5.74, 6) is 0. The molecule has 0 atom stereocenters. The first-order valence-corrected chi connectivity index (χ1v) is 20.7. The average Bonchev–Trinajstić information content (AvgIpc) is 4.05. The molecule has 7 aromatic carbocycles. The van der Waals surface area contributed by atoms with Crippen LogP contribution in [0.3, 0.4) is 0 Å². The second-order valence-corrected chi connectivity index (χ2v) is 17.0. The first-order valence-electron chi connectivity index (χ1n) is 20.7. The average molecular weight is 705 g/mol. The largest absolute Gasteiger partial charge is 0.311 e. The molecule has 0 aromatic heterocycles. The number of nitrogens with zero attached hydrogens (tertiary/aromatic N) is 2. The van der Waals surface area contributed by atoms with Gasteiger partial charge in [0.25, 0.3) is 6.71 Å². The summed E-state index contributed by atoms with van der Waals surface area (Å²) < 4.78 is 0. The van der Waals surface area contributed by atoms with Crippen LogP contribution in [0.2, 0.25) is 0 Å². The first-order chi connectivity index (χ1) is 27.3. The fraction of sp³-hybridized carbons (Fsp3) is 0.192. The predicted octanol–water partition coefficient (Wildman–Crippen LogP) is 11.5. The van der Waals surface area contributed by atoms with Gasteiger partial charge in [-0.25, -0.2) is 0 Å². The Bertz CT molecular complexity index is 2740. The standard InChI is InChI=1S/C52H41BN2/c1-3-17-34(18-4-1)54-45-26-12-11-25-43(45)53-44-31-38-36-21-7-9-23-39(36)51(27-13-14-28-51)41(38)32-46(44)55(35-19-5-2-6-20-35)50-48-37-22-8-10-24-40(37)52(29-15-16-30-52)42(48)33-47(54)49(50)53/h1-12,17-26,31-33H,13-16,27-30H2. The van der Waals surface area contributed by atoms with Gasteiger partial charge in [0.05, 0.1) is 5.69 Å². The Hall–Kier alpha value is -5.80. The Labute approximate surface area is 324 Å². The van der Waals surface area contributed by atoms with Gasteiger partial charge in [-0.15, -0.1) is 0 Å². The molecule has 2 nitrogen and oxygen atoms in total. The van der Waals surface area contributed by atoms with Crippen molar-refractivity contribution >= 4 is 57.2 Å². The Morgan fingerprint density at radius 1 is 0.400 bits per heavy atom. The van der Waals surface area contributed by atoms with Crippen molar-refractivity contribution in [3.05, 3.63) is 174 Å². The van der Waals surface area contributed by atoms with Gasteiger partial charge in [0, 0.05) is 44.8 Å². The molecule has 2 spiro atoms. The van der Waals surface area contributed by atoms with Crippen LogP contribution in [0.15, 0.2) is 152 Å². The Kier molecular flexibility index (Phi) is 6.06. The van der Waals surface area contributed by atoms with Crippen LogP contribution in [0.1, 0.15) is 73.6 Å². The molecule has 0 bridgehead atoms. The molecule has 2 fully saturated rings. The van der Waals surface area contributed by atoms with Crippen molar-refractivity contribution in [1.82, 2.24) is 0 Å². The monoisotopic (exact) mass is 704 g/mol. The van der Waals surface area contributed by atoms with E-state index in [1.54, 1.807) is 11.1 Å². The summed E-state index contributed by atoms with van der Waals surface area (Å²) in [6.45, 7) is 0.0892. The molecule has 55 heavy (non-hydrogen) atoms. The van der Waals surface area contributed by atoms with Crippen LogP contribution in [0.4, 0.5) is 34.1 Å². The highest BCUT2D eigenvalue weighted by Crippen LogP contribution is 2.63. The van der Waals surface area contributed by atoms with E-state index in [1.165, 1.54) is 135 Å². The minimum atomic E-state index is 0.0302. The van der Waals surface area contributed by atoms with Crippen LogP contribution >= 0.6 is 0 Å². The molecule has 4 aliphatic carbocycles. The number of para-hydroxylation sites is 3. The van der Waals surface area contributed by atoms with Crippen LogP contribution in [-0.2, 0) is 10.8 Å². The summed E-state index contributed by atoms with van der Waals surface area (Å²) in [5, 5.41) is 0. The zero-order chi connectivity index (χ0) is 35.9. The smallest absolute Gasteiger partial charge is 0.252 e. The minimum absolute atomic E-state index is 0.0302. The number of fused-ring (bicyclic) bond motifs is 15. The third-order valence-electron chi connectivity index (χ3n) is 14.7. The first kappa shape index (κ1) is 30.5. The molecule has 0 saturated heterocycles. The van der Waals surface area contributed by atoms with Crippen molar-refractivity contribution in [2.45, 2.75) is 62.2 Å². The maximum Gasteiger partial charge on any atom is 0.252 e. The van der Waals surface area contributed by atoms with Crippen molar-refractivity contribution in [2.75, 3.05) is 9.80 Å². The van der Waals surface area contributed by atoms with Gasteiger partial charge < -0.3 is 9.80 Å². The zero-order valence-electron chi connectivity index (χ0n) is 31.1. The van der Waals surface area contributed by atoms with Gasteiger partial charge >= 0.3 is 0 Å². The SMILES string of the molecule is c1ccc(N2c3ccccc3B3c4cc5c(cc4N(c4ccccc4)c4c3c2cc2c4-c3ccccc3C23CCCC3)C2(CCCC2)c2ccccc2-5)cc1. The minimum Gasteiger partial charge on any atom is -0.311 e. The zero-order valence-corrected chi connectivity index (χ0v) is 31.1. The quantitative estimate of drug-likeness (QED) is 0.165. The third-order valence-corrected chi connectivity index (χ3v) is 14.7. The molecular formula is C52H41BN2. The Balaban J connectivity index is 1.21. The summed E-state index contributed by atoms with van der Waals surface area (Å²) in [4.78, 5) is 5.32. The van der Waals surface area contributed by atoms with E-state index in [2.05, 4.69) is 161 Å².